The molecule has 0 bridgehead atoms. The molecule has 1 atom stereocenters. The van der Waals surface area contributed by atoms with Crippen LogP contribution in [0.1, 0.15) is 26.6 Å². The number of hydrogen-bond acceptors (Lipinski definition) is 3. The lowest BCUT2D eigenvalue weighted by molar-refractivity contribution is 0.187. The van der Waals surface area contributed by atoms with Gasteiger partial charge in [-0.3, -0.25) is 4.90 Å². The van der Waals surface area contributed by atoms with Gasteiger partial charge in [0.25, 0.3) is 0 Å². The quantitative estimate of drug-likeness (QED) is 0.837. The molecule has 1 aromatic heterocycles. The van der Waals surface area contributed by atoms with Gasteiger partial charge < -0.3 is 9.88 Å². The summed E-state index contributed by atoms with van der Waals surface area (Å²) in [5.41, 5.74) is 0. The van der Waals surface area contributed by atoms with Crippen molar-refractivity contribution in [3.8, 4) is 0 Å². The molecular formula is C13H24N4. The fraction of sp³-hybridized carbons (Fsp3) is 0.769. The van der Waals surface area contributed by atoms with Gasteiger partial charge >= 0.3 is 0 Å². The lowest BCUT2D eigenvalue weighted by atomic mass is 10.1. The fourth-order valence-electron chi connectivity index (χ4n) is 2.32. The monoisotopic (exact) mass is 236 g/mol. The molecule has 0 saturated heterocycles. The maximum Gasteiger partial charge on any atom is 0.122 e. The van der Waals surface area contributed by atoms with Gasteiger partial charge in [0.05, 0.1) is 6.54 Å². The van der Waals surface area contributed by atoms with Crippen LogP contribution in [0.3, 0.4) is 0 Å². The van der Waals surface area contributed by atoms with Crippen LogP contribution in [0.5, 0.6) is 0 Å². The van der Waals surface area contributed by atoms with Crippen molar-refractivity contribution in [2.75, 3.05) is 19.6 Å². The predicted octanol–water partition coefficient (Wildman–Crippen LogP) is 1.33. The van der Waals surface area contributed by atoms with Crippen LogP contribution in [0.4, 0.5) is 0 Å². The van der Waals surface area contributed by atoms with E-state index in [0.29, 0.717) is 12.0 Å². The molecule has 17 heavy (non-hydrogen) atoms. The Morgan fingerprint density at radius 1 is 1.35 bits per heavy atom. The molecule has 96 valence electrons. The molecular weight excluding hydrogens is 212 g/mol. The van der Waals surface area contributed by atoms with Crippen LogP contribution in [-0.2, 0) is 13.1 Å². The molecule has 0 fully saturated rings. The second kappa shape index (κ2) is 5.65. The Bertz CT molecular complexity index is 345. The molecule has 0 aromatic carbocycles. The first-order valence-corrected chi connectivity index (χ1v) is 6.61. The minimum absolute atomic E-state index is 0.581. The molecule has 1 aliphatic rings. The van der Waals surface area contributed by atoms with Crippen LogP contribution in [0, 0.1) is 5.92 Å². The molecule has 2 heterocycles. The number of aromatic nitrogens is 2. The molecule has 1 aliphatic heterocycles. The summed E-state index contributed by atoms with van der Waals surface area (Å²) in [6.07, 6.45) is 3.99. The third kappa shape index (κ3) is 3.54. The Morgan fingerprint density at radius 3 is 2.94 bits per heavy atom. The van der Waals surface area contributed by atoms with Gasteiger partial charge in [0.1, 0.15) is 5.82 Å². The molecule has 1 unspecified atom stereocenters. The molecule has 0 radical (unpaired) electrons. The third-order valence-corrected chi connectivity index (χ3v) is 3.27. The van der Waals surface area contributed by atoms with E-state index in [1.807, 2.05) is 6.20 Å². The first-order chi connectivity index (χ1) is 8.15. The summed E-state index contributed by atoms with van der Waals surface area (Å²) >= 11 is 0. The van der Waals surface area contributed by atoms with Crippen LogP contribution in [-0.4, -0.2) is 40.1 Å². The van der Waals surface area contributed by atoms with Crippen molar-refractivity contribution in [2.45, 2.75) is 39.9 Å². The lowest BCUT2D eigenvalue weighted by Crippen LogP contribution is -2.39. The molecule has 1 N–H and O–H groups in total. The highest BCUT2D eigenvalue weighted by molar-refractivity contribution is 4.95. The highest BCUT2D eigenvalue weighted by Gasteiger charge is 2.18. The Labute approximate surface area is 104 Å². The Kier molecular flexibility index (Phi) is 4.18. The van der Waals surface area contributed by atoms with Crippen molar-refractivity contribution in [3.63, 3.8) is 0 Å². The van der Waals surface area contributed by atoms with Crippen LogP contribution >= 0.6 is 0 Å². The standard InChI is InChI=1S/C13H24N4/c1-11(2)15-8-12(3)9-16-6-7-17-5-4-14-13(17)10-16/h4-5,11-12,15H,6-10H2,1-3H3. The summed E-state index contributed by atoms with van der Waals surface area (Å²) in [6, 6.07) is 0.581. The minimum Gasteiger partial charge on any atom is -0.333 e. The van der Waals surface area contributed by atoms with Crippen LogP contribution in [0.2, 0.25) is 0 Å². The molecule has 0 spiro atoms. The molecule has 0 saturated carbocycles. The number of rotatable bonds is 5. The fourth-order valence-corrected chi connectivity index (χ4v) is 2.32. The molecule has 4 nitrogen and oxygen atoms in total. The molecule has 4 heteroatoms. The number of nitrogens with zero attached hydrogens (tertiary/aromatic N) is 3. The first kappa shape index (κ1) is 12.6. The van der Waals surface area contributed by atoms with Crippen molar-refractivity contribution >= 4 is 0 Å². The number of imidazole rings is 1. The van der Waals surface area contributed by atoms with E-state index in [1.54, 1.807) is 0 Å². The van der Waals surface area contributed by atoms with Gasteiger partial charge in [0.15, 0.2) is 0 Å². The van der Waals surface area contributed by atoms with Crippen molar-refractivity contribution < 1.29 is 0 Å². The topological polar surface area (TPSA) is 33.1 Å². The van der Waals surface area contributed by atoms with Crippen LogP contribution in [0.15, 0.2) is 12.4 Å². The highest BCUT2D eigenvalue weighted by Crippen LogP contribution is 2.11. The third-order valence-electron chi connectivity index (χ3n) is 3.27. The van der Waals surface area contributed by atoms with Crippen molar-refractivity contribution in [1.29, 1.82) is 0 Å². The van der Waals surface area contributed by atoms with Crippen LogP contribution < -0.4 is 5.32 Å². The van der Waals surface area contributed by atoms with Gasteiger partial charge in [0, 0.05) is 38.1 Å². The summed E-state index contributed by atoms with van der Waals surface area (Å²) in [5, 5.41) is 3.50. The summed E-state index contributed by atoms with van der Waals surface area (Å²) in [5.74, 6) is 1.90. The number of nitrogens with one attached hydrogen (secondary N) is 1. The van der Waals surface area contributed by atoms with E-state index < -0.39 is 0 Å². The first-order valence-electron chi connectivity index (χ1n) is 6.61. The molecule has 1 aromatic rings. The normalized spacial score (nSPS) is 18.4. The van der Waals surface area contributed by atoms with Crippen LogP contribution in [0.25, 0.3) is 0 Å². The number of fused-ring (bicyclic) bond motifs is 1. The average molecular weight is 236 g/mol. The van der Waals surface area contributed by atoms with E-state index in [1.165, 1.54) is 5.82 Å². The Morgan fingerprint density at radius 2 is 2.18 bits per heavy atom. The van der Waals surface area contributed by atoms with E-state index in [0.717, 1.165) is 32.7 Å². The van der Waals surface area contributed by atoms with Crippen molar-refractivity contribution in [3.05, 3.63) is 18.2 Å². The second-order valence-electron chi connectivity index (χ2n) is 5.44. The zero-order chi connectivity index (χ0) is 12.3. The van der Waals surface area contributed by atoms with Crippen molar-refractivity contribution in [2.24, 2.45) is 5.92 Å². The van der Waals surface area contributed by atoms with E-state index in [2.05, 4.69) is 46.7 Å². The summed E-state index contributed by atoms with van der Waals surface area (Å²) in [4.78, 5) is 6.90. The van der Waals surface area contributed by atoms with Gasteiger partial charge in [-0.15, -0.1) is 0 Å². The lowest BCUT2D eigenvalue weighted by Gasteiger charge is -2.30. The highest BCUT2D eigenvalue weighted by atomic mass is 15.2. The zero-order valence-electron chi connectivity index (χ0n) is 11.2. The smallest absolute Gasteiger partial charge is 0.122 e. The summed E-state index contributed by atoms with van der Waals surface area (Å²) in [7, 11) is 0. The second-order valence-corrected chi connectivity index (χ2v) is 5.44. The van der Waals surface area contributed by atoms with Gasteiger partial charge in [-0.25, -0.2) is 4.98 Å². The van der Waals surface area contributed by atoms with Gasteiger partial charge in [0.2, 0.25) is 0 Å². The summed E-state index contributed by atoms with van der Waals surface area (Å²) < 4.78 is 2.26. The molecule has 0 aliphatic carbocycles. The zero-order valence-corrected chi connectivity index (χ0v) is 11.2. The van der Waals surface area contributed by atoms with Gasteiger partial charge in [-0.05, 0) is 12.5 Å². The van der Waals surface area contributed by atoms with Gasteiger partial charge in [-0.1, -0.05) is 20.8 Å². The van der Waals surface area contributed by atoms with E-state index >= 15 is 0 Å². The Hall–Kier alpha value is -0.870. The van der Waals surface area contributed by atoms with Crippen molar-refractivity contribution in [1.82, 2.24) is 19.8 Å². The van der Waals surface area contributed by atoms with E-state index in [-0.39, 0.29) is 0 Å². The SMILES string of the molecule is CC(CNC(C)C)CN1CCn2ccnc2C1. The Balaban J connectivity index is 1.77. The molecule has 0 amide bonds. The largest absolute Gasteiger partial charge is 0.333 e. The summed E-state index contributed by atoms with van der Waals surface area (Å²) in [6.45, 7) is 12.2. The molecule has 2 rings (SSSR count). The predicted molar refractivity (Wildman–Crippen MR) is 69.8 cm³/mol. The maximum absolute atomic E-state index is 4.39. The average Bonchev–Trinajstić information content (AvgIpc) is 2.73. The van der Waals surface area contributed by atoms with E-state index in [9.17, 15) is 0 Å². The minimum atomic E-state index is 0.581. The van der Waals surface area contributed by atoms with Gasteiger partial charge in [-0.2, -0.15) is 0 Å². The number of hydrogen-bond donors (Lipinski definition) is 1. The van der Waals surface area contributed by atoms with E-state index in [4.69, 9.17) is 0 Å². The maximum atomic E-state index is 4.39.